The van der Waals surface area contributed by atoms with Crippen LogP contribution in [0.3, 0.4) is 0 Å². The summed E-state index contributed by atoms with van der Waals surface area (Å²) in [4.78, 5) is 8.61. The van der Waals surface area contributed by atoms with E-state index in [9.17, 15) is 19.3 Å². The number of rotatable bonds is 24. The van der Waals surface area contributed by atoms with Crippen LogP contribution in [-0.2, 0) is 48.4 Å². The van der Waals surface area contributed by atoms with Crippen molar-refractivity contribution >= 4 is 27.0 Å². The number of aryl methyl sites for hydroxylation is 2. The Morgan fingerprint density at radius 3 is 1.08 bits per heavy atom. The summed E-state index contributed by atoms with van der Waals surface area (Å²) in [6.07, 6.45) is 0. The molecule has 12 rings (SSSR count). The molecule has 0 amide bonds. The normalized spacial score (nSPS) is 12.7. The summed E-state index contributed by atoms with van der Waals surface area (Å²) < 4.78 is 77.0. The lowest BCUT2D eigenvalue weighted by Crippen LogP contribution is -2.31. The fourth-order valence-electron chi connectivity index (χ4n) is 10.7. The minimum absolute atomic E-state index is 0.147. The highest BCUT2D eigenvalue weighted by atomic mass is 31.2. The van der Waals surface area contributed by atoms with E-state index in [1.807, 2.05) is 133 Å². The molecule has 0 bridgehead atoms. The topological polar surface area (TPSA) is 161 Å². The highest BCUT2D eigenvalue weighted by Gasteiger charge is 2.36. The summed E-state index contributed by atoms with van der Waals surface area (Å²) in [5.74, 6) is 3.60. The van der Waals surface area contributed by atoms with Crippen molar-refractivity contribution in [1.82, 2.24) is 9.80 Å². The molecule has 2 N–H and O–H groups in total. The smallest absolute Gasteiger partial charge is 0.507 e. The van der Waals surface area contributed by atoms with Gasteiger partial charge in [-0.05, 0) is 158 Å². The van der Waals surface area contributed by atoms with Crippen LogP contribution in [0.1, 0.15) is 58.4 Å². The Balaban J connectivity index is 0.000000190. The Kier molecular flexibility index (Phi) is 20.7. The van der Waals surface area contributed by atoms with Gasteiger partial charge in [0.05, 0.1) is 0 Å². The second kappa shape index (κ2) is 29.9. The number of phenols is 2. The average molecular weight is 1270 g/mol. The minimum atomic E-state index is -4.38. The molecule has 2 heterocycles. The maximum atomic E-state index is 14.6. The van der Waals surface area contributed by atoms with Crippen LogP contribution in [0.2, 0.25) is 0 Å². The van der Waals surface area contributed by atoms with Crippen LogP contribution in [0.15, 0.2) is 243 Å². The number of aromatic hydroxyl groups is 2. The zero-order valence-electron chi connectivity index (χ0n) is 51.8. The molecule has 18 heteroatoms. The van der Waals surface area contributed by atoms with Crippen LogP contribution in [0, 0.1) is 13.8 Å². The number of hydrogen-bond donors (Lipinski definition) is 2. The van der Waals surface area contributed by atoms with Crippen LogP contribution in [0.5, 0.6) is 57.5 Å². The van der Waals surface area contributed by atoms with E-state index >= 15 is 0 Å². The average Bonchev–Trinajstić information content (AvgIpc) is 1.30. The largest absolute Gasteiger partial charge is 0.647 e. The number of hydrogen-bond acceptors (Lipinski definition) is 16. The number of para-hydroxylation sites is 4. The third kappa shape index (κ3) is 17.0. The van der Waals surface area contributed by atoms with Gasteiger partial charge in [-0.1, -0.05) is 147 Å². The molecule has 0 aliphatic carbocycles. The maximum absolute atomic E-state index is 14.6. The van der Waals surface area contributed by atoms with Gasteiger partial charge >= 0.3 is 15.6 Å². The molecule has 10 aromatic rings. The van der Waals surface area contributed by atoms with Crippen molar-refractivity contribution in [2.75, 3.05) is 36.4 Å². The number of phosphoric ester groups is 2. The monoisotopic (exact) mass is 1270 g/mol. The Hall–Kier alpha value is -9.82. The summed E-state index contributed by atoms with van der Waals surface area (Å²) >= 11 is 0. The molecule has 0 radical (unpaired) electrons. The molecule has 10 aromatic carbocycles. The first kappa shape index (κ1) is 63.7. The number of benzene rings is 10. The molecule has 0 saturated carbocycles. The number of phosphoric acid groups is 2. The van der Waals surface area contributed by atoms with Gasteiger partial charge < -0.3 is 56.6 Å². The Morgan fingerprint density at radius 1 is 0.391 bits per heavy atom. The molecule has 0 saturated heterocycles. The van der Waals surface area contributed by atoms with Crippen LogP contribution >= 0.6 is 15.6 Å². The van der Waals surface area contributed by atoms with Crippen LogP contribution in [0.4, 0.5) is 11.4 Å². The van der Waals surface area contributed by atoms with Crippen LogP contribution in [0.25, 0.3) is 0 Å². The van der Waals surface area contributed by atoms with Crippen molar-refractivity contribution in [1.29, 1.82) is 0 Å². The lowest BCUT2D eigenvalue weighted by Gasteiger charge is -2.31. The summed E-state index contributed by atoms with van der Waals surface area (Å²) in [6, 6.07) is 75.2. The second-order valence-corrected chi connectivity index (χ2v) is 25.2. The summed E-state index contributed by atoms with van der Waals surface area (Å²) in [7, 11) is -8.59. The molecule has 0 aromatic heterocycles. The zero-order chi connectivity index (χ0) is 63.9. The van der Waals surface area contributed by atoms with Crippen molar-refractivity contribution in [2.24, 2.45) is 0 Å². The highest BCUT2D eigenvalue weighted by Crippen LogP contribution is 2.53. The molecule has 16 nitrogen and oxygen atoms in total. The van der Waals surface area contributed by atoms with Crippen LogP contribution < -0.4 is 46.4 Å². The molecular formula is C74H74N4O12P2. The fraction of sp³-hybridized carbons (Fsp3) is 0.189. The first-order valence-electron chi connectivity index (χ1n) is 30.5. The summed E-state index contributed by atoms with van der Waals surface area (Å²) in [5, 5.41) is 22.1. The fourth-order valence-corrected chi connectivity index (χ4v) is 13.2. The molecule has 92 heavy (non-hydrogen) atoms. The van der Waals surface area contributed by atoms with Crippen molar-refractivity contribution in [3.63, 3.8) is 0 Å². The molecule has 0 fully saturated rings. The molecule has 472 valence electrons. The molecule has 0 spiro atoms. The first-order chi connectivity index (χ1) is 44.7. The van der Waals surface area contributed by atoms with Gasteiger partial charge in [0.15, 0.2) is 13.5 Å². The van der Waals surface area contributed by atoms with E-state index in [1.165, 1.54) is 0 Å². The number of phenolic OH excluding ortho intramolecular Hbond substituents is 2. The van der Waals surface area contributed by atoms with Crippen LogP contribution in [-0.4, -0.2) is 46.6 Å². The van der Waals surface area contributed by atoms with Gasteiger partial charge in [-0.25, -0.2) is 0 Å². The van der Waals surface area contributed by atoms with E-state index in [-0.39, 0.29) is 23.0 Å². The van der Waals surface area contributed by atoms with Gasteiger partial charge in [-0.15, -0.1) is 0 Å². The number of fused-ring (bicyclic) bond motifs is 2. The number of anilines is 2. The molecule has 0 atom stereocenters. The molecular weight excluding hydrogens is 1200 g/mol. The molecule has 0 unspecified atom stereocenters. The minimum Gasteiger partial charge on any atom is -0.507 e. The standard InChI is InChI=1S/C40H45N2O6P.C34H29N2O6P/c1-5-41(26-32-16-10-7-11-17-32)28-34-24-37(22-30(3)39(34)43)47-49(45,46-36-20-14-9-15-21-36)48-38-23-31(4)40(44)35(25-38)29-42(6-2)27-33-18-12-8-13-19-33;37-43(40-30-14-8-3-9-15-30,41-31-16-18-33-26(20-31)22-35(24-38-33)28-10-4-1-5-11-28)42-32-17-19-34-27(21-32)23-36(25-39-34)29-12-6-2-7-13-29/h7-25,43-44H,5-6,26-29H2,1-4H3;1-21H,22-25H2. The zero-order valence-corrected chi connectivity index (χ0v) is 53.6. The predicted octanol–water partition coefficient (Wildman–Crippen LogP) is 17.4. The number of ether oxygens (including phenoxy) is 2. The first-order valence-corrected chi connectivity index (χ1v) is 33.4. The van der Waals surface area contributed by atoms with Crippen molar-refractivity contribution in [2.45, 2.75) is 67.0 Å². The van der Waals surface area contributed by atoms with Crippen molar-refractivity contribution in [3.05, 3.63) is 287 Å². The van der Waals surface area contributed by atoms with E-state index in [0.717, 1.165) is 58.2 Å². The number of nitrogens with zero attached hydrogens (tertiary/aromatic N) is 4. The molecule has 2 aliphatic rings. The van der Waals surface area contributed by atoms with Gasteiger partial charge in [0.1, 0.15) is 57.5 Å². The van der Waals surface area contributed by atoms with Gasteiger partial charge in [0, 0.05) is 72.9 Å². The van der Waals surface area contributed by atoms with E-state index < -0.39 is 15.6 Å². The summed E-state index contributed by atoms with van der Waals surface area (Å²) in [5.41, 5.74) is 8.58. The lowest BCUT2D eigenvalue weighted by atomic mass is 10.1. The van der Waals surface area contributed by atoms with E-state index in [4.69, 9.17) is 36.6 Å². The van der Waals surface area contributed by atoms with Gasteiger partial charge in [-0.3, -0.25) is 9.80 Å². The quantitative estimate of drug-likeness (QED) is 0.0549. The highest BCUT2D eigenvalue weighted by molar-refractivity contribution is 7.50. The van der Waals surface area contributed by atoms with Crippen molar-refractivity contribution in [3.8, 4) is 57.5 Å². The Bertz CT molecular complexity index is 3920. The van der Waals surface area contributed by atoms with E-state index in [0.29, 0.717) is 98.0 Å². The Morgan fingerprint density at radius 2 is 0.717 bits per heavy atom. The second-order valence-electron chi connectivity index (χ2n) is 22.3. The van der Waals surface area contributed by atoms with Gasteiger partial charge in [0.2, 0.25) is 0 Å². The Labute approximate surface area is 538 Å². The van der Waals surface area contributed by atoms with E-state index in [1.54, 1.807) is 98.8 Å². The van der Waals surface area contributed by atoms with Crippen molar-refractivity contribution < 1.29 is 56.0 Å². The molecule has 2 aliphatic heterocycles. The van der Waals surface area contributed by atoms with Gasteiger partial charge in [-0.2, -0.15) is 9.13 Å². The third-order valence-corrected chi connectivity index (χ3v) is 18.1. The maximum Gasteiger partial charge on any atom is 0.647 e. The van der Waals surface area contributed by atoms with Gasteiger partial charge in [0.25, 0.3) is 0 Å². The lowest BCUT2D eigenvalue weighted by molar-refractivity contribution is 0.265. The SMILES string of the molecule is CCN(Cc1ccccc1)Cc1cc(OP(=O)(Oc2ccccc2)Oc2cc(C)c(O)c(CN(CC)Cc3ccccc3)c2)cc(C)c1O.O=P(Oc1ccccc1)(Oc1ccc2c(c1)CN(c1ccccc1)CO2)Oc1ccc2c(c1)CN(c1ccccc1)CO2. The summed E-state index contributed by atoms with van der Waals surface area (Å²) in [6.45, 7) is 13.5. The third-order valence-electron chi connectivity index (χ3n) is 15.5. The predicted molar refractivity (Wildman–Crippen MR) is 359 cm³/mol. The van der Waals surface area contributed by atoms with E-state index in [2.05, 4.69) is 57.7 Å².